The maximum absolute atomic E-state index is 11.4. The highest BCUT2D eigenvalue weighted by Gasteiger charge is 2.12. The maximum atomic E-state index is 11.4. The summed E-state index contributed by atoms with van der Waals surface area (Å²) in [6, 6.07) is 8.32. The van der Waals surface area contributed by atoms with E-state index in [1.807, 2.05) is 4.90 Å². The number of nitrogens with zero attached hydrogens (tertiary/aromatic N) is 1. The van der Waals surface area contributed by atoms with Gasteiger partial charge in [0.25, 0.3) is 0 Å². The summed E-state index contributed by atoms with van der Waals surface area (Å²) in [6.45, 7) is 6.54. The minimum atomic E-state index is 0.173. The molecule has 0 aliphatic carbocycles. The molecule has 0 N–H and O–H groups in total. The fraction of sp³-hybridized carbons (Fsp3) is 0.286. The van der Waals surface area contributed by atoms with Crippen molar-refractivity contribution in [2.45, 2.75) is 19.8 Å². The number of hydrogen-bond acceptors (Lipinski definition) is 2. The molecule has 0 spiro atoms. The Morgan fingerprint density at radius 1 is 1.31 bits per heavy atom. The fourth-order valence-electron chi connectivity index (χ4n) is 1.86. The largest absolute Gasteiger partial charge is 0.874 e. The van der Waals surface area contributed by atoms with Crippen LogP contribution in [0.3, 0.4) is 0 Å². The Balaban J connectivity index is 2.23. The predicted octanol–water partition coefficient (Wildman–Crippen LogP) is 2.22. The van der Waals surface area contributed by atoms with Crippen LogP contribution in [0.4, 0.5) is 5.69 Å². The van der Waals surface area contributed by atoms with Gasteiger partial charge in [-0.3, -0.25) is 0 Å². The molecule has 0 amide bonds. The van der Waals surface area contributed by atoms with E-state index in [4.69, 9.17) is 0 Å². The summed E-state index contributed by atoms with van der Waals surface area (Å²) in [5.74, 6) is 0.173. The molecule has 2 rings (SSSR count). The molecule has 0 fully saturated rings. The fourth-order valence-corrected chi connectivity index (χ4v) is 1.86. The minimum Gasteiger partial charge on any atom is -0.874 e. The van der Waals surface area contributed by atoms with Crippen LogP contribution in [-0.2, 0) is 6.42 Å². The first-order valence-electron chi connectivity index (χ1n) is 5.61. The average Bonchev–Trinajstić information content (AvgIpc) is 2.32. The van der Waals surface area contributed by atoms with Gasteiger partial charge in [-0.2, -0.15) is 0 Å². The second-order valence-corrected chi connectivity index (χ2v) is 4.05. The van der Waals surface area contributed by atoms with E-state index >= 15 is 0 Å². The molecule has 0 atom stereocenters. The Bertz CT molecular complexity index is 417. The lowest BCUT2D eigenvalue weighted by atomic mass is 10.1. The van der Waals surface area contributed by atoms with Gasteiger partial charge in [0, 0.05) is 24.4 Å². The summed E-state index contributed by atoms with van der Waals surface area (Å²) in [5.41, 5.74) is 3.36. The highest BCUT2D eigenvalue weighted by atomic mass is 16.3. The second kappa shape index (κ2) is 4.44. The third kappa shape index (κ3) is 2.11. The van der Waals surface area contributed by atoms with Crippen molar-refractivity contribution in [2.75, 3.05) is 11.4 Å². The van der Waals surface area contributed by atoms with Crippen LogP contribution in [0.15, 0.2) is 48.4 Å². The monoisotopic (exact) mass is 214 g/mol. The third-order valence-electron chi connectivity index (χ3n) is 2.92. The summed E-state index contributed by atoms with van der Waals surface area (Å²) < 4.78 is 0. The number of anilines is 1. The minimum absolute atomic E-state index is 0.173. The van der Waals surface area contributed by atoms with Gasteiger partial charge < -0.3 is 10.0 Å². The van der Waals surface area contributed by atoms with Gasteiger partial charge in [0.2, 0.25) is 0 Å². The van der Waals surface area contributed by atoms with Gasteiger partial charge in [0.1, 0.15) is 0 Å². The normalized spacial score (nSPS) is 16.2. The quantitative estimate of drug-likeness (QED) is 0.754. The Morgan fingerprint density at radius 3 is 2.62 bits per heavy atom. The molecular weight excluding hydrogens is 198 g/mol. The van der Waals surface area contributed by atoms with E-state index in [2.05, 4.69) is 37.8 Å². The van der Waals surface area contributed by atoms with Gasteiger partial charge in [-0.05, 0) is 24.1 Å². The molecule has 0 bridgehead atoms. The van der Waals surface area contributed by atoms with E-state index < -0.39 is 0 Å². The number of rotatable bonds is 2. The molecule has 0 radical (unpaired) electrons. The van der Waals surface area contributed by atoms with Crippen molar-refractivity contribution >= 4 is 5.69 Å². The summed E-state index contributed by atoms with van der Waals surface area (Å²) in [4.78, 5) is 1.99. The molecule has 1 heterocycles. The highest BCUT2D eigenvalue weighted by molar-refractivity contribution is 5.54. The van der Waals surface area contributed by atoms with Crippen LogP contribution < -0.4 is 10.0 Å². The van der Waals surface area contributed by atoms with E-state index in [9.17, 15) is 5.11 Å². The zero-order chi connectivity index (χ0) is 11.5. The van der Waals surface area contributed by atoms with Crippen LogP contribution in [-0.4, -0.2) is 6.54 Å². The number of benzene rings is 1. The molecule has 2 nitrogen and oxygen atoms in total. The van der Waals surface area contributed by atoms with Crippen molar-refractivity contribution in [1.29, 1.82) is 0 Å². The smallest absolute Gasteiger partial charge is 0.0411 e. The lowest BCUT2D eigenvalue weighted by Gasteiger charge is -2.33. The molecule has 0 saturated heterocycles. The van der Waals surface area contributed by atoms with Crippen LogP contribution in [0, 0.1) is 0 Å². The SMILES string of the molecule is C=C1CC=C([O-])CN1c1ccc(CC)cc1. The first kappa shape index (κ1) is 10.8. The van der Waals surface area contributed by atoms with Crippen molar-refractivity contribution in [1.82, 2.24) is 0 Å². The summed E-state index contributed by atoms with van der Waals surface area (Å²) in [6.07, 6.45) is 3.40. The molecule has 1 aliphatic heterocycles. The average molecular weight is 214 g/mol. The van der Waals surface area contributed by atoms with Gasteiger partial charge in [0.05, 0.1) is 0 Å². The maximum Gasteiger partial charge on any atom is 0.0411 e. The molecule has 0 aromatic heterocycles. The molecule has 0 saturated carbocycles. The number of allylic oxidation sites excluding steroid dienone is 1. The van der Waals surface area contributed by atoms with E-state index in [1.165, 1.54) is 5.56 Å². The van der Waals surface area contributed by atoms with Crippen LogP contribution in [0.2, 0.25) is 0 Å². The second-order valence-electron chi connectivity index (χ2n) is 4.05. The summed E-state index contributed by atoms with van der Waals surface area (Å²) in [7, 11) is 0. The molecule has 84 valence electrons. The molecule has 1 aromatic carbocycles. The van der Waals surface area contributed by atoms with Crippen molar-refractivity contribution < 1.29 is 5.11 Å². The molecule has 2 heteroatoms. The molecule has 1 aromatic rings. The number of hydrogen-bond donors (Lipinski definition) is 0. The van der Waals surface area contributed by atoms with E-state index in [0.29, 0.717) is 13.0 Å². The van der Waals surface area contributed by atoms with Crippen molar-refractivity contribution in [3.05, 3.63) is 53.9 Å². The molecule has 16 heavy (non-hydrogen) atoms. The van der Waals surface area contributed by atoms with Crippen LogP contribution in [0.25, 0.3) is 0 Å². The Hall–Kier alpha value is -1.70. The van der Waals surface area contributed by atoms with Gasteiger partial charge in [0.15, 0.2) is 0 Å². The molecule has 0 unspecified atom stereocenters. The summed E-state index contributed by atoms with van der Waals surface area (Å²) in [5, 5.41) is 11.4. The van der Waals surface area contributed by atoms with Crippen LogP contribution >= 0.6 is 0 Å². The highest BCUT2D eigenvalue weighted by Crippen LogP contribution is 2.24. The Morgan fingerprint density at radius 2 is 2.00 bits per heavy atom. The van der Waals surface area contributed by atoms with Crippen molar-refractivity contribution in [3.63, 3.8) is 0 Å². The number of aryl methyl sites for hydroxylation is 1. The van der Waals surface area contributed by atoms with E-state index in [1.54, 1.807) is 6.08 Å². The third-order valence-corrected chi connectivity index (χ3v) is 2.92. The lowest BCUT2D eigenvalue weighted by molar-refractivity contribution is -0.304. The van der Waals surface area contributed by atoms with Crippen LogP contribution in [0.1, 0.15) is 18.9 Å². The predicted molar refractivity (Wildman–Crippen MR) is 65.0 cm³/mol. The first-order valence-corrected chi connectivity index (χ1v) is 5.61. The zero-order valence-electron chi connectivity index (χ0n) is 9.57. The van der Waals surface area contributed by atoms with E-state index in [0.717, 1.165) is 17.8 Å². The van der Waals surface area contributed by atoms with Gasteiger partial charge >= 0.3 is 0 Å². The summed E-state index contributed by atoms with van der Waals surface area (Å²) >= 11 is 0. The van der Waals surface area contributed by atoms with Gasteiger partial charge in [-0.1, -0.05) is 31.7 Å². The first-order chi connectivity index (χ1) is 7.70. The molecular formula is C14H16NO-. The van der Waals surface area contributed by atoms with Gasteiger partial charge in [-0.25, -0.2) is 0 Å². The van der Waals surface area contributed by atoms with Gasteiger partial charge in [-0.15, -0.1) is 5.76 Å². The zero-order valence-corrected chi connectivity index (χ0v) is 9.57. The topological polar surface area (TPSA) is 26.3 Å². The Labute approximate surface area is 96.5 Å². The van der Waals surface area contributed by atoms with Crippen LogP contribution in [0.5, 0.6) is 0 Å². The van der Waals surface area contributed by atoms with Crippen molar-refractivity contribution in [3.8, 4) is 0 Å². The standard InChI is InChI=1S/C14H17NO/c1-3-12-5-7-13(8-6-12)15-10-14(16)9-4-11(15)2/h5-9,16H,2-4,10H2,1H3/p-1. The van der Waals surface area contributed by atoms with Crippen molar-refractivity contribution in [2.24, 2.45) is 0 Å². The Kier molecular flexibility index (Phi) is 3.00. The van der Waals surface area contributed by atoms with E-state index in [-0.39, 0.29) is 5.76 Å². The lowest BCUT2D eigenvalue weighted by Crippen LogP contribution is -2.31. The molecule has 1 aliphatic rings.